The standard InChI is InChI=1S/C60H41N3Si/c1-5-20-42(21-6-1)61-54-32-16-13-30-50(54)51-38-36-43(40-59(51)61)62-57-39-37-47(64(44-22-7-2-8-23-44,45-24-9-3-10-25-45)46-26-11-4-12-27-46)41-53(57)52-31-19-35-58(60(52)62)63-55-33-17-14-28-48(55)49-29-15-18-34-56(49)63/h1-41H. The summed E-state index contributed by atoms with van der Waals surface area (Å²) in [5.41, 5.74) is 10.5. The molecule has 0 saturated heterocycles. The number of hydrogen-bond donors (Lipinski definition) is 0. The second-order valence-corrected chi connectivity index (χ2v) is 20.7. The number of hydrogen-bond acceptors (Lipinski definition) is 0. The number of rotatable bonds is 7. The molecule has 0 spiro atoms. The molecular weight excluding hydrogens is 791 g/mol. The largest absolute Gasteiger partial charge is 0.309 e. The smallest absolute Gasteiger partial charge is 0.179 e. The Morgan fingerprint density at radius 1 is 0.234 bits per heavy atom. The van der Waals surface area contributed by atoms with Crippen molar-refractivity contribution >= 4 is 94.2 Å². The minimum absolute atomic E-state index is 1.12. The molecule has 0 N–H and O–H groups in total. The molecule has 4 heteroatoms. The molecule has 13 rings (SSSR count). The lowest BCUT2D eigenvalue weighted by atomic mass is 10.1. The molecule has 3 nitrogen and oxygen atoms in total. The maximum atomic E-state index is 2.54. The Morgan fingerprint density at radius 3 is 1.25 bits per heavy atom. The van der Waals surface area contributed by atoms with E-state index in [-0.39, 0.29) is 0 Å². The van der Waals surface area contributed by atoms with Crippen molar-refractivity contribution in [3.63, 3.8) is 0 Å². The van der Waals surface area contributed by atoms with Crippen molar-refractivity contribution in [1.82, 2.24) is 13.7 Å². The third-order valence-corrected chi connectivity index (χ3v) is 18.3. The molecule has 0 unspecified atom stereocenters. The van der Waals surface area contributed by atoms with Crippen LogP contribution in [-0.4, -0.2) is 21.8 Å². The Labute approximate surface area is 372 Å². The van der Waals surface area contributed by atoms with E-state index in [9.17, 15) is 0 Å². The monoisotopic (exact) mass is 831 g/mol. The van der Waals surface area contributed by atoms with E-state index < -0.39 is 8.07 Å². The summed E-state index contributed by atoms with van der Waals surface area (Å²) in [6.45, 7) is 0. The van der Waals surface area contributed by atoms with E-state index in [1.165, 1.54) is 86.2 Å². The number of para-hydroxylation sites is 5. The summed E-state index contributed by atoms with van der Waals surface area (Å²) in [7, 11) is -2.83. The molecule has 64 heavy (non-hydrogen) atoms. The number of aromatic nitrogens is 3. The third kappa shape index (κ3) is 5.27. The Balaban J connectivity index is 1.18. The fourth-order valence-corrected chi connectivity index (χ4v) is 15.7. The molecule has 0 aliphatic heterocycles. The highest BCUT2D eigenvalue weighted by atomic mass is 28.3. The summed E-state index contributed by atoms with van der Waals surface area (Å²) in [6, 6.07) is 92.4. The summed E-state index contributed by atoms with van der Waals surface area (Å²) < 4.78 is 7.45. The normalized spacial score (nSPS) is 12.1. The van der Waals surface area contributed by atoms with Gasteiger partial charge < -0.3 is 13.7 Å². The molecule has 13 aromatic rings. The predicted molar refractivity (Wildman–Crippen MR) is 273 cm³/mol. The first-order valence-corrected chi connectivity index (χ1v) is 24.1. The first kappa shape index (κ1) is 36.5. The SMILES string of the molecule is c1ccc(-n2c3ccccc3c3ccc(-n4c5ccc([Si](c6ccccc6)(c6ccccc6)c6ccccc6)cc5c5cccc(-n6c7ccccc7c7ccccc76)c54)cc32)cc1. The van der Waals surface area contributed by atoms with E-state index in [0.717, 1.165) is 17.1 Å². The van der Waals surface area contributed by atoms with Crippen molar-refractivity contribution in [3.8, 4) is 17.1 Å². The van der Waals surface area contributed by atoms with Crippen LogP contribution in [0.3, 0.4) is 0 Å². The van der Waals surface area contributed by atoms with Gasteiger partial charge in [-0.15, -0.1) is 0 Å². The third-order valence-electron chi connectivity index (χ3n) is 13.6. The van der Waals surface area contributed by atoms with Crippen molar-refractivity contribution in [1.29, 1.82) is 0 Å². The highest BCUT2D eigenvalue weighted by molar-refractivity contribution is 7.20. The van der Waals surface area contributed by atoms with Gasteiger partial charge >= 0.3 is 0 Å². The molecule has 0 bridgehead atoms. The van der Waals surface area contributed by atoms with Gasteiger partial charge in [0.15, 0.2) is 8.07 Å². The van der Waals surface area contributed by atoms with Crippen LogP contribution in [0.1, 0.15) is 0 Å². The summed E-state index contributed by atoms with van der Waals surface area (Å²) in [6.07, 6.45) is 0. The van der Waals surface area contributed by atoms with Gasteiger partial charge in [-0.05, 0) is 75.3 Å². The summed E-state index contributed by atoms with van der Waals surface area (Å²) >= 11 is 0. The van der Waals surface area contributed by atoms with Crippen LogP contribution in [0.25, 0.3) is 82.5 Å². The maximum Gasteiger partial charge on any atom is 0.179 e. The van der Waals surface area contributed by atoms with Gasteiger partial charge in [-0.3, -0.25) is 0 Å². The number of nitrogens with zero attached hydrogens (tertiary/aromatic N) is 3. The summed E-state index contributed by atoms with van der Waals surface area (Å²) in [5, 5.41) is 12.9. The molecule has 0 amide bonds. The minimum Gasteiger partial charge on any atom is -0.309 e. The lowest BCUT2D eigenvalue weighted by Gasteiger charge is -2.34. The highest BCUT2D eigenvalue weighted by Crippen LogP contribution is 2.41. The Morgan fingerprint density at radius 2 is 0.688 bits per heavy atom. The molecule has 0 aliphatic carbocycles. The van der Waals surface area contributed by atoms with Gasteiger partial charge in [0.1, 0.15) is 0 Å². The number of fused-ring (bicyclic) bond motifs is 9. The van der Waals surface area contributed by atoms with Crippen molar-refractivity contribution < 1.29 is 0 Å². The average molecular weight is 832 g/mol. The van der Waals surface area contributed by atoms with E-state index >= 15 is 0 Å². The zero-order chi connectivity index (χ0) is 42.2. The van der Waals surface area contributed by atoms with Gasteiger partial charge in [-0.25, -0.2) is 0 Å². The molecular formula is C60H41N3Si. The molecule has 0 fully saturated rings. The minimum atomic E-state index is -2.83. The van der Waals surface area contributed by atoms with Crippen LogP contribution >= 0.6 is 0 Å². The van der Waals surface area contributed by atoms with Crippen LogP contribution in [-0.2, 0) is 0 Å². The zero-order valence-corrected chi connectivity index (χ0v) is 36.0. The van der Waals surface area contributed by atoms with Crippen LogP contribution in [0.2, 0.25) is 0 Å². The average Bonchev–Trinajstić information content (AvgIpc) is 4.01. The van der Waals surface area contributed by atoms with E-state index in [0.29, 0.717) is 0 Å². The lowest BCUT2D eigenvalue weighted by molar-refractivity contribution is 1.13. The van der Waals surface area contributed by atoms with Gasteiger partial charge in [0.05, 0.1) is 38.8 Å². The predicted octanol–water partition coefficient (Wildman–Crippen LogP) is 12.4. The zero-order valence-electron chi connectivity index (χ0n) is 35.0. The van der Waals surface area contributed by atoms with Crippen LogP contribution in [0.4, 0.5) is 0 Å². The van der Waals surface area contributed by atoms with Crippen molar-refractivity contribution in [3.05, 3.63) is 249 Å². The quantitative estimate of drug-likeness (QED) is 0.112. The van der Waals surface area contributed by atoms with Crippen LogP contribution < -0.4 is 20.7 Å². The van der Waals surface area contributed by atoms with E-state index in [4.69, 9.17) is 0 Å². The van der Waals surface area contributed by atoms with Crippen molar-refractivity contribution in [2.45, 2.75) is 0 Å². The van der Waals surface area contributed by atoms with Gasteiger partial charge in [0, 0.05) is 43.7 Å². The maximum absolute atomic E-state index is 2.83. The van der Waals surface area contributed by atoms with Crippen LogP contribution in [0, 0.1) is 0 Å². The second-order valence-electron chi connectivity index (χ2n) is 16.8. The highest BCUT2D eigenvalue weighted by Gasteiger charge is 2.41. The van der Waals surface area contributed by atoms with Gasteiger partial charge in [-0.1, -0.05) is 194 Å². The molecule has 3 heterocycles. The fourth-order valence-electron chi connectivity index (χ4n) is 10.9. The van der Waals surface area contributed by atoms with Crippen LogP contribution in [0.15, 0.2) is 249 Å². The topological polar surface area (TPSA) is 14.8 Å². The Kier molecular flexibility index (Phi) is 8.23. The lowest BCUT2D eigenvalue weighted by Crippen LogP contribution is -2.74. The fraction of sp³-hybridized carbons (Fsp3) is 0. The van der Waals surface area contributed by atoms with Gasteiger partial charge in [0.25, 0.3) is 0 Å². The van der Waals surface area contributed by atoms with Gasteiger partial charge in [-0.2, -0.15) is 0 Å². The Hall–Kier alpha value is -8.18. The first-order chi connectivity index (χ1) is 31.8. The number of benzene rings is 10. The first-order valence-electron chi connectivity index (χ1n) is 22.1. The van der Waals surface area contributed by atoms with Crippen molar-refractivity contribution in [2.24, 2.45) is 0 Å². The summed E-state index contributed by atoms with van der Waals surface area (Å²) in [4.78, 5) is 0. The molecule has 0 aliphatic rings. The molecule has 0 saturated carbocycles. The Bertz CT molecular complexity index is 3730. The van der Waals surface area contributed by atoms with E-state index in [2.05, 4.69) is 262 Å². The molecule has 3 aromatic heterocycles. The molecule has 0 atom stereocenters. The van der Waals surface area contributed by atoms with E-state index in [1.807, 2.05) is 0 Å². The molecule has 0 radical (unpaired) electrons. The second kappa shape index (κ2) is 14.5. The van der Waals surface area contributed by atoms with Gasteiger partial charge in [0.2, 0.25) is 0 Å². The molecule has 10 aromatic carbocycles. The summed E-state index contributed by atoms with van der Waals surface area (Å²) in [5.74, 6) is 0. The van der Waals surface area contributed by atoms with Crippen molar-refractivity contribution in [2.75, 3.05) is 0 Å². The van der Waals surface area contributed by atoms with E-state index in [1.54, 1.807) is 0 Å². The van der Waals surface area contributed by atoms with Crippen LogP contribution in [0.5, 0.6) is 0 Å². The molecule has 300 valence electrons.